The van der Waals surface area contributed by atoms with Gasteiger partial charge in [0.15, 0.2) is 0 Å². The SMILES string of the molecule is COc1ccc2sc3ccccc3c(=S)c2c1. The van der Waals surface area contributed by atoms with Gasteiger partial charge in [0.25, 0.3) is 0 Å². The van der Waals surface area contributed by atoms with Crippen LogP contribution in [0.25, 0.3) is 20.2 Å². The standard InChI is InChI=1S/C14H10OS2/c1-15-9-6-7-13-11(8-9)14(16)10-4-2-3-5-12(10)17-13/h2-8H,1H3. The van der Waals surface area contributed by atoms with Gasteiger partial charge in [-0.25, -0.2) is 0 Å². The molecule has 0 atom stereocenters. The quantitative estimate of drug-likeness (QED) is 0.458. The molecule has 3 rings (SSSR count). The van der Waals surface area contributed by atoms with Crippen molar-refractivity contribution in [3.05, 3.63) is 47.0 Å². The Morgan fingerprint density at radius 1 is 1.00 bits per heavy atom. The largest absolute Gasteiger partial charge is 0.497 e. The van der Waals surface area contributed by atoms with E-state index >= 15 is 0 Å². The molecule has 0 aliphatic heterocycles. The molecule has 3 aromatic rings. The summed E-state index contributed by atoms with van der Waals surface area (Å²) in [7, 11) is 1.68. The summed E-state index contributed by atoms with van der Waals surface area (Å²) in [5, 5.41) is 2.25. The third-order valence-electron chi connectivity index (χ3n) is 2.78. The summed E-state index contributed by atoms with van der Waals surface area (Å²) in [6, 6.07) is 14.3. The van der Waals surface area contributed by atoms with Crippen molar-refractivity contribution in [2.24, 2.45) is 0 Å². The Balaban J connectivity index is 2.51. The lowest BCUT2D eigenvalue weighted by Gasteiger charge is -2.04. The molecule has 0 aliphatic carbocycles. The maximum absolute atomic E-state index is 5.55. The van der Waals surface area contributed by atoms with E-state index in [0.29, 0.717) is 0 Å². The van der Waals surface area contributed by atoms with Crippen molar-refractivity contribution in [3.8, 4) is 5.75 Å². The van der Waals surface area contributed by atoms with Gasteiger partial charge in [-0.05, 0) is 24.3 Å². The van der Waals surface area contributed by atoms with Gasteiger partial charge in [0.1, 0.15) is 5.75 Å². The van der Waals surface area contributed by atoms with E-state index in [1.54, 1.807) is 18.4 Å². The van der Waals surface area contributed by atoms with E-state index in [9.17, 15) is 0 Å². The molecule has 3 heteroatoms. The van der Waals surface area contributed by atoms with Crippen molar-refractivity contribution in [1.29, 1.82) is 0 Å². The Morgan fingerprint density at radius 3 is 2.59 bits per heavy atom. The van der Waals surface area contributed by atoms with Gasteiger partial charge >= 0.3 is 0 Å². The highest BCUT2D eigenvalue weighted by molar-refractivity contribution is 7.72. The van der Waals surface area contributed by atoms with E-state index in [2.05, 4.69) is 18.2 Å². The summed E-state index contributed by atoms with van der Waals surface area (Å²) in [5.74, 6) is 0.853. The van der Waals surface area contributed by atoms with Crippen LogP contribution in [-0.2, 0) is 0 Å². The Hall–Kier alpha value is -1.45. The predicted octanol–water partition coefficient (Wildman–Crippen LogP) is 4.79. The summed E-state index contributed by atoms with van der Waals surface area (Å²) in [6.45, 7) is 0. The molecule has 0 N–H and O–H groups in total. The van der Waals surface area contributed by atoms with Gasteiger partial charge in [-0.1, -0.05) is 30.4 Å². The van der Waals surface area contributed by atoms with Crippen molar-refractivity contribution in [2.75, 3.05) is 7.11 Å². The molecule has 1 aromatic heterocycles. The summed E-state index contributed by atoms with van der Waals surface area (Å²) < 4.78 is 8.59. The average Bonchev–Trinajstić information content (AvgIpc) is 2.39. The smallest absolute Gasteiger partial charge is 0.119 e. The fourth-order valence-electron chi connectivity index (χ4n) is 1.91. The van der Waals surface area contributed by atoms with Gasteiger partial charge in [-0.2, -0.15) is 0 Å². The van der Waals surface area contributed by atoms with Crippen LogP contribution in [0.1, 0.15) is 0 Å². The first-order valence-corrected chi connectivity index (χ1v) is 6.51. The van der Waals surface area contributed by atoms with Crippen molar-refractivity contribution >= 4 is 43.7 Å². The van der Waals surface area contributed by atoms with Gasteiger partial charge in [-0.15, -0.1) is 11.3 Å². The Labute approximate surface area is 108 Å². The minimum Gasteiger partial charge on any atom is -0.497 e. The predicted molar refractivity (Wildman–Crippen MR) is 76.7 cm³/mol. The van der Waals surface area contributed by atoms with Gasteiger partial charge in [0.2, 0.25) is 0 Å². The molecule has 2 aromatic carbocycles. The topological polar surface area (TPSA) is 9.23 Å². The van der Waals surface area contributed by atoms with E-state index < -0.39 is 0 Å². The fraction of sp³-hybridized carbons (Fsp3) is 0.0714. The number of fused-ring (bicyclic) bond motifs is 2. The first-order valence-electron chi connectivity index (χ1n) is 5.29. The van der Waals surface area contributed by atoms with Crippen LogP contribution < -0.4 is 4.74 Å². The highest BCUT2D eigenvalue weighted by Crippen LogP contribution is 2.32. The second-order valence-corrected chi connectivity index (χ2v) is 5.28. The Kier molecular flexibility index (Phi) is 2.57. The highest BCUT2D eigenvalue weighted by atomic mass is 32.1. The van der Waals surface area contributed by atoms with Gasteiger partial charge < -0.3 is 4.74 Å². The molecular formula is C14H10OS2. The third kappa shape index (κ3) is 1.72. The van der Waals surface area contributed by atoms with Crippen LogP contribution in [-0.4, -0.2) is 7.11 Å². The van der Waals surface area contributed by atoms with Crippen molar-refractivity contribution < 1.29 is 4.74 Å². The van der Waals surface area contributed by atoms with Crippen LogP contribution in [0.3, 0.4) is 0 Å². The van der Waals surface area contributed by atoms with E-state index in [1.807, 2.05) is 24.3 Å². The van der Waals surface area contributed by atoms with Crippen LogP contribution in [0.5, 0.6) is 5.75 Å². The number of methoxy groups -OCH3 is 1. The summed E-state index contributed by atoms with van der Waals surface area (Å²) in [6.07, 6.45) is 0. The molecule has 0 amide bonds. The molecule has 0 saturated heterocycles. The third-order valence-corrected chi connectivity index (χ3v) is 4.37. The zero-order chi connectivity index (χ0) is 11.8. The van der Waals surface area contributed by atoms with E-state index in [1.165, 1.54) is 9.40 Å². The lowest BCUT2D eigenvalue weighted by Crippen LogP contribution is -1.82. The first-order chi connectivity index (χ1) is 8.29. The lowest BCUT2D eigenvalue weighted by atomic mass is 10.2. The normalized spacial score (nSPS) is 10.9. The monoisotopic (exact) mass is 258 g/mol. The van der Waals surface area contributed by atoms with Crippen LogP contribution in [0.15, 0.2) is 42.5 Å². The molecule has 0 fully saturated rings. The fourth-order valence-corrected chi connectivity index (χ4v) is 3.46. The lowest BCUT2D eigenvalue weighted by molar-refractivity contribution is 0.415. The molecule has 0 aliphatic rings. The number of hydrogen-bond donors (Lipinski definition) is 0. The van der Waals surface area contributed by atoms with Crippen molar-refractivity contribution in [3.63, 3.8) is 0 Å². The molecule has 84 valence electrons. The minimum absolute atomic E-state index is 0.853. The van der Waals surface area contributed by atoms with Crippen LogP contribution >= 0.6 is 23.6 Å². The Morgan fingerprint density at radius 2 is 1.76 bits per heavy atom. The summed E-state index contributed by atoms with van der Waals surface area (Å²) in [5.41, 5.74) is 0. The summed E-state index contributed by atoms with van der Waals surface area (Å²) >= 11 is 7.32. The number of hydrogen-bond acceptors (Lipinski definition) is 3. The van der Waals surface area contributed by atoms with Crippen LogP contribution in [0.2, 0.25) is 0 Å². The number of rotatable bonds is 1. The van der Waals surface area contributed by atoms with E-state index in [4.69, 9.17) is 17.0 Å². The summed E-state index contributed by atoms with van der Waals surface area (Å²) in [4.78, 5) is 0. The van der Waals surface area contributed by atoms with Gasteiger partial charge in [0, 0.05) is 20.2 Å². The van der Waals surface area contributed by atoms with E-state index in [-0.39, 0.29) is 0 Å². The molecule has 0 unspecified atom stereocenters. The molecular weight excluding hydrogens is 248 g/mol. The molecule has 0 saturated carbocycles. The maximum atomic E-state index is 5.55. The second-order valence-electron chi connectivity index (χ2n) is 3.79. The van der Waals surface area contributed by atoms with Gasteiger partial charge in [-0.3, -0.25) is 0 Å². The van der Waals surface area contributed by atoms with Crippen LogP contribution in [0.4, 0.5) is 0 Å². The van der Waals surface area contributed by atoms with Crippen molar-refractivity contribution in [1.82, 2.24) is 0 Å². The maximum Gasteiger partial charge on any atom is 0.119 e. The van der Waals surface area contributed by atoms with Crippen LogP contribution in [0, 0.1) is 4.51 Å². The molecule has 0 spiro atoms. The molecule has 17 heavy (non-hydrogen) atoms. The zero-order valence-electron chi connectivity index (χ0n) is 9.27. The highest BCUT2D eigenvalue weighted by Gasteiger charge is 2.03. The minimum atomic E-state index is 0.853. The number of benzene rings is 2. The molecule has 0 radical (unpaired) electrons. The van der Waals surface area contributed by atoms with E-state index in [0.717, 1.165) is 21.0 Å². The number of ether oxygens (including phenoxy) is 1. The zero-order valence-corrected chi connectivity index (χ0v) is 10.9. The van der Waals surface area contributed by atoms with Gasteiger partial charge in [0.05, 0.1) is 11.6 Å². The first kappa shape index (κ1) is 10.7. The second kappa shape index (κ2) is 4.09. The molecule has 1 nitrogen and oxygen atoms in total. The van der Waals surface area contributed by atoms with Crippen molar-refractivity contribution in [2.45, 2.75) is 0 Å². The molecule has 0 bridgehead atoms. The molecule has 1 heterocycles. The average molecular weight is 258 g/mol. The Bertz CT molecular complexity index is 759.